The Morgan fingerprint density at radius 1 is 1.33 bits per heavy atom. The smallest absolute Gasteiger partial charge is 0.0419 e. The number of rotatable bonds is 4. The average molecular weight is 258 g/mol. The van der Waals surface area contributed by atoms with E-state index < -0.39 is 0 Å². The predicted molar refractivity (Wildman–Crippen MR) is 78.2 cm³/mol. The topological polar surface area (TPSA) is 24.1 Å². The van der Waals surface area contributed by atoms with Crippen LogP contribution in [0.1, 0.15) is 29.0 Å². The number of thiophene rings is 1. The van der Waals surface area contributed by atoms with Crippen LogP contribution in [0.25, 0.3) is 0 Å². The molecule has 0 amide bonds. The van der Waals surface area contributed by atoms with Crippen molar-refractivity contribution in [2.24, 2.45) is 0 Å². The molecule has 3 heteroatoms. The van der Waals surface area contributed by atoms with Crippen LogP contribution < -0.4 is 10.6 Å². The first-order chi connectivity index (χ1) is 8.84. The van der Waals surface area contributed by atoms with E-state index in [1.54, 1.807) is 0 Å². The fourth-order valence-electron chi connectivity index (χ4n) is 2.46. The molecule has 2 aromatic rings. The summed E-state index contributed by atoms with van der Waals surface area (Å²) in [6, 6.07) is 11.3. The minimum Gasteiger partial charge on any atom is -0.384 e. The Hall–Kier alpha value is -1.32. The molecule has 18 heavy (non-hydrogen) atoms. The van der Waals surface area contributed by atoms with Crippen molar-refractivity contribution in [3.8, 4) is 0 Å². The highest BCUT2D eigenvalue weighted by Crippen LogP contribution is 2.27. The van der Waals surface area contributed by atoms with Crippen molar-refractivity contribution < 1.29 is 0 Å². The second-order valence-electron chi connectivity index (χ2n) is 4.75. The SMILES string of the molecule is C[C@@H](NCc1cccc2c1NCC2)c1cccs1. The Morgan fingerprint density at radius 2 is 2.28 bits per heavy atom. The first-order valence-corrected chi connectivity index (χ1v) is 7.34. The summed E-state index contributed by atoms with van der Waals surface area (Å²) < 4.78 is 0. The maximum atomic E-state index is 3.60. The fourth-order valence-corrected chi connectivity index (χ4v) is 3.22. The van der Waals surface area contributed by atoms with Gasteiger partial charge in [-0.15, -0.1) is 11.3 Å². The van der Waals surface area contributed by atoms with Gasteiger partial charge in [0.05, 0.1) is 0 Å². The monoisotopic (exact) mass is 258 g/mol. The van der Waals surface area contributed by atoms with Crippen LogP contribution in [0.3, 0.4) is 0 Å². The molecule has 1 aliphatic heterocycles. The van der Waals surface area contributed by atoms with E-state index in [0.29, 0.717) is 6.04 Å². The Labute approximate surface area is 112 Å². The van der Waals surface area contributed by atoms with Gasteiger partial charge in [-0.05, 0) is 35.9 Å². The average Bonchev–Trinajstić information content (AvgIpc) is 3.05. The van der Waals surface area contributed by atoms with E-state index in [-0.39, 0.29) is 0 Å². The quantitative estimate of drug-likeness (QED) is 0.876. The molecule has 0 fully saturated rings. The normalized spacial score (nSPS) is 15.2. The predicted octanol–water partition coefficient (Wildman–Crippen LogP) is 3.57. The molecule has 1 aromatic carbocycles. The summed E-state index contributed by atoms with van der Waals surface area (Å²) in [7, 11) is 0. The molecule has 2 heterocycles. The van der Waals surface area contributed by atoms with Crippen LogP contribution >= 0.6 is 11.3 Å². The van der Waals surface area contributed by atoms with Gasteiger partial charge in [-0.25, -0.2) is 0 Å². The Morgan fingerprint density at radius 3 is 3.11 bits per heavy atom. The molecule has 0 saturated carbocycles. The molecule has 0 aliphatic carbocycles. The van der Waals surface area contributed by atoms with Gasteiger partial charge in [0.1, 0.15) is 0 Å². The largest absolute Gasteiger partial charge is 0.384 e. The fraction of sp³-hybridized carbons (Fsp3) is 0.333. The van der Waals surface area contributed by atoms with E-state index in [2.05, 4.69) is 53.3 Å². The number of hydrogen-bond donors (Lipinski definition) is 2. The highest BCUT2D eigenvalue weighted by atomic mass is 32.1. The summed E-state index contributed by atoms with van der Waals surface area (Å²) in [5.74, 6) is 0. The third-order valence-corrected chi connectivity index (χ3v) is 4.56. The number of benzene rings is 1. The third-order valence-electron chi connectivity index (χ3n) is 3.50. The number of para-hydroxylation sites is 1. The lowest BCUT2D eigenvalue weighted by atomic mass is 10.1. The van der Waals surface area contributed by atoms with Gasteiger partial charge in [0.15, 0.2) is 0 Å². The van der Waals surface area contributed by atoms with Gasteiger partial charge < -0.3 is 10.6 Å². The standard InChI is InChI=1S/C15H18N2S/c1-11(14-6-3-9-18-14)17-10-13-5-2-4-12-7-8-16-15(12)13/h2-6,9,11,16-17H,7-8,10H2,1H3/t11-/m1/s1. The van der Waals surface area contributed by atoms with E-state index in [1.807, 2.05) is 11.3 Å². The van der Waals surface area contributed by atoms with Crippen molar-refractivity contribution in [1.29, 1.82) is 0 Å². The van der Waals surface area contributed by atoms with Crippen molar-refractivity contribution in [2.75, 3.05) is 11.9 Å². The summed E-state index contributed by atoms with van der Waals surface area (Å²) >= 11 is 1.81. The lowest BCUT2D eigenvalue weighted by Gasteiger charge is -2.14. The number of fused-ring (bicyclic) bond motifs is 1. The minimum absolute atomic E-state index is 0.419. The first kappa shape index (κ1) is 11.8. The second-order valence-corrected chi connectivity index (χ2v) is 5.73. The molecule has 2 N–H and O–H groups in total. The highest BCUT2D eigenvalue weighted by molar-refractivity contribution is 7.10. The molecular formula is C15H18N2S. The van der Waals surface area contributed by atoms with E-state index >= 15 is 0 Å². The van der Waals surface area contributed by atoms with Crippen molar-refractivity contribution in [3.05, 3.63) is 51.7 Å². The maximum Gasteiger partial charge on any atom is 0.0419 e. The Kier molecular flexibility index (Phi) is 3.35. The maximum absolute atomic E-state index is 3.60. The molecule has 0 spiro atoms. The molecular weight excluding hydrogens is 240 g/mol. The van der Waals surface area contributed by atoms with Crippen LogP contribution in [0.5, 0.6) is 0 Å². The van der Waals surface area contributed by atoms with Gasteiger partial charge >= 0.3 is 0 Å². The molecule has 94 valence electrons. The molecule has 0 radical (unpaired) electrons. The first-order valence-electron chi connectivity index (χ1n) is 6.46. The van der Waals surface area contributed by atoms with Gasteiger partial charge in [0.25, 0.3) is 0 Å². The van der Waals surface area contributed by atoms with Crippen molar-refractivity contribution in [1.82, 2.24) is 5.32 Å². The number of hydrogen-bond acceptors (Lipinski definition) is 3. The number of anilines is 1. The highest BCUT2D eigenvalue weighted by Gasteiger charge is 2.14. The van der Waals surface area contributed by atoms with Gasteiger partial charge in [-0.3, -0.25) is 0 Å². The zero-order valence-electron chi connectivity index (χ0n) is 10.6. The zero-order valence-corrected chi connectivity index (χ0v) is 11.4. The molecule has 2 nitrogen and oxygen atoms in total. The van der Waals surface area contributed by atoms with Crippen LogP contribution in [0.15, 0.2) is 35.7 Å². The van der Waals surface area contributed by atoms with E-state index in [1.165, 1.54) is 21.7 Å². The van der Waals surface area contributed by atoms with Gasteiger partial charge in [-0.2, -0.15) is 0 Å². The van der Waals surface area contributed by atoms with Crippen molar-refractivity contribution >= 4 is 17.0 Å². The second kappa shape index (κ2) is 5.12. The summed E-state index contributed by atoms with van der Waals surface area (Å²) in [6.45, 7) is 4.23. The molecule has 1 aliphatic rings. The lowest BCUT2D eigenvalue weighted by molar-refractivity contribution is 0.583. The third kappa shape index (κ3) is 2.28. The summed E-state index contributed by atoms with van der Waals surface area (Å²) in [4.78, 5) is 1.40. The Bertz CT molecular complexity index is 519. The zero-order chi connectivity index (χ0) is 12.4. The molecule has 0 unspecified atom stereocenters. The molecule has 1 aromatic heterocycles. The summed E-state index contributed by atoms with van der Waals surface area (Å²) in [6.07, 6.45) is 1.16. The summed E-state index contributed by atoms with van der Waals surface area (Å²) in [5, 5.41) is 9.23. The lowest BCUT2D eigenvalue weighted by Crippen LogP contribution is -2.17. The molecule has 0 bridgehead atoms. The van der Waals surface area contributed by atoms with E-state index in [9.17, 15) is 0 Å². The van der Waals surface area contributed by atoms with E-state index in [0.717, 1.165) is 19.5 Å². The minimum atomic E-state index is 0.419. The van der Waals surface area contributed by atoms with Gasteiger partial charge in [-0.1, -0.05) is 24.3 Å². The summed E-state index contributed by atoms with van der Waals surface area (Å²) in [5.41, 5.74) is 4.19. The molecule has 0 saturated heterocycles. The van der Waals surface area contributed by atoms with Crippen molar-refractivity contribution in [2.45, 2.75) is 25.9 Å². The van der Waals surface area contributed by atoms with Crippen LogP contribution in [0.4, 0.5) is 5.69 Å². The van der Waals surface area contributed by atoms with Gasteiger partial charge in [0, 0.05) is 29.7 Å². The van der Waals surface area contributed by atoms with Crippen molar-refractivity contribution in [3.63, 3.8) is 0 Å². The van der Waals surface area contributed by atoms with Crippen LogP contribution in [-0.2, 0) is 13.0 Å². The van der Waals surface area contributed by atoms with E-state index in [4.69, 9.17) is 0 Å². The van der Waals surface area contributed by atoms with Gasteiger partial charge in [0.2, 0.25) is 0 Å². The van der Waals surface area contributed by atoms with Crippen LogP contribution in [0, 0.1) is 0 Å². The van der Waals surface area contributed by atoms with Crippen LogP contribution in [0.2, 0.25) is 0 Å². The molecule has 1 atom stereocenters. The number of nitrogens with one attached hydrogen (secondary N) is 2. The van der Waals surface area contributed by atoms with Crippen LogP contribution in [-0.4, -0.2) is 6.54 Å². The molecule has 3 rings (SSSR count). The Balaban J connectivity index is 1.69.